The minimum atomic E-state index is 0.159. The maximum atomic E-state index is 5.75. The number of nitrogens with one attached hydrogen (secondary N) is 2. The van der Waals surface area contributed by atoms with Crippen molar-refractivity contribution in [3.63, 3.8) is 0 Å². The highest BCUT2D eigenvalue weighted by molar-refractivity contribution is 5.89. The van der Waals surface area contributed by atoms with Crippen molar-refractivity contribution in [2.75, 3.05) is 44.0 Å². The number of aromatic nitrogens is 2. The van der Waals surface area contributed by atoms with E-state index in [2.05, 4.69) is 32.7 Å². The Balaban J connectivity index is 1.79. The number of nitrogen functional groups attached to an aromatic ring is 1. The number of benzene rings is 1. The lowest BCUT2D eigenvalue weighted by Crippen LogP contribution is -2.43. The van der Waals surface area contributed by atoms with E-state index in [9.17, 15) is 0 Å². The van der Waals surface area contributed by atoms with E-state index in [-0.39, 0.29) is 6.10 Å². The zero-order valence-corrected chi connectivity index (χ0v) is 12.0. The molecule has 0 bridgehead atoms. The van der Waals surface area contributed by atoms with Gasteiger partial charge in [0.05, 0.1) is 18.2 Å². The van der Waals surface area contributed by atoms with Gasteiger partial charge in [-0.15, -0.1) is 0 Å². The van der Waals surface area contributed by atoms with Crippen LogP contribution in [-0.4, -0.2) is 54.3 Å². The molecule has 2 heterocycles. The van der Waals surface area contributed by atoms with Crippen molar-refractivity contribution in [2.45, 2.75) is 6.10 Å². The van der Waals surface area contributed by atoms with Crippen LogP contribution >= 0.6 is 0 Å². The number of fused-ring (bicyclic) bond motifs is 1. The fraction of sp³-hybridized carbons (Fsp3) is 0.429. The number of nitrogens with zero attached hydrogens (tertiary/aromatic N) is 3. The summed E-state index contributed by atoms with van der Waals surface area (Å²) in [6, 6.07) is 7.84. The van der Waals surface area contributed by atoms with E-state index in [1.807, 2.05) is 24.3 Å². The first-order valence-electron chi connectivity index (χ1n) is 7.03. The molecule has 1 aromatic carbocycles. The average Bonchev–Trinajstić information content (AvgIpc) is 2.52. The number of anilines is 2. The highest BCUT2D eigenvalue weighted by Gasteiger charge is 2.18. The summed E-state index contributed by atoms with van der Waals surface area (Å²) in [6.07, 6.45) is 0.159. The van der Waals surface area contributed by atoms with Gasteiger partial charge in [-0.05, 0) is 19.2 Å². The third-order valence-corrected chi connectivity index (χ3v) is 3.57. The van der Waals surface area contributed by atoms with Crippen molar-refractivity contribution < 1.29 is 4.74 Å². The lowest BCUT2D eigenvalue weighted by Gasteiger charge is -2.30. The average molecular weight is 288 g/mol. The van der Waals surface area contributed by atoms with Gasteiger partial charge in [0, 0.05) is 25.0 Å². The zero-order chi connectivity index (χ0) is 14.7. The highest BCUT2D eigenvalue weighted by Crippen LogP contribution is 2.21. The van der Waals surface area contributed by atoms with Crippen molar-refractivity contribution >= 4 is 22.7 Å². The second kappa shape index (κ2) is 6.21. The van der Waals surface area contributed by atoms with Crippen molar-refractivity contribution in [2.24, 2.45) is 5.84 Å². The first kappa shape index (κ1) is 14.0. The number of rotatable bonds is 4. The highest BCUT2D eigenvalue weighted by atomic mass is 16.5. The van der Waals surface area contributed by atoms with E-state index < -0.39 is 0 Å². The summed E-state index contributed by atoms with van der Waals surface area (Å²) in [6.45, 7) is 3.37. The normalized spacial score (nSPS) is 19.6. The standard InChI is InChI=1S/C14H20N6O/c1-20-6-7-21-10(9-20)8-16-13-11-4-2-3-5-12(11)17-14(18-13)19-15/h2-5,10H,6-9,15H2,1H3,(H2,16,17,18,19). The minimum Gasteiger partial charge on any atom is -0.374 e. The summed E-state index contributed by atoms with van der Waals surface area (Å²) in [5, 5.41) is 4.33. The van der Waals surface area contributed by atoms with Gasteiger partial charge in [-0.3, -0.25) is 5.43 Å². The Morgan fingerprint density at radius 3 is 3.05 bits per heavy atom. The third-order valence-electron chi connectivity index (χ3n) is 3.57. The van der Waals surface area contributed by atoms with Gasteiger partial charge in [0.25, 0.3) is 0 Å². The van der Waals surface area contributed by atoms with E-state index in [0.717, 1.165) is 36.4 Å². The van der Waals surface area contributed by atoms with Crippen LogP contribution in [0.3, 0.4) is 0 Å². The predicted octanol–water partition coefficient (Wildman–Crippen LogP) is 0.658. The third kappa shape index (κ3) is 3.21. The molecule has 1 aliphatic heterocycles. The van der Waals surface area contributed by atoms with Gasteiger partial charge in [-0.1, -0.05) is 12.1 Å². The van der Waals surface area contributed by atoms with Crippen LogP contribution in [0.4, 0.5) is 11.8 Å². The van der Waals surface area contributed by atoms with Gasteiger partial charge in [0.1, 0.15) is 5.82 Å². The maximum Gasteiger partial charge on any atom is 0.239 e. The van der Waals surface area contributed by atoms with E-state index in [1.165, 1.54) is 0 Å². The van der Waals surface area contributed by atoms with Gasteiger partial charge in [0.2, 0.25) is 5.95 Å². The Hall–Kier alpha value is -1.96. The molecule has 1 unspecified atom stereocenters. The quantitative estimate of drug-likeness (QED) is 0.562. The summed E-state index contributed by atoms with van der Waals surface area (Å²) in [5.41, 5.74) is 3.35. The fourth-order valence-corrected chi connectivity index (χ4v) is 2.48. The van der Waals surface area contributed by atoms with Crippen LogP contribution in [0.2, 0.25) is 0 Å². The summed E-state index contributed by atoms with van der Waals surface area (Å²) >= 11 is 0. The molecular weight excluding hydrogens is 268 g/mol. The molecule has 0 saturated carbocycles. The Bertz CT molecular complexity index is 619. The fourth-order valence-electron chi connectivity index (χ4n) is 2.48. The van der Waals surface area contributed by atoms with Crippen molar-refractivity contribution in [3.05, 3.63) is 24.3 Å². The van der Waals surface area contributed by atoms with Gasteiger partial charge in [-0.25, -0.2) is 10.8 Å². The van der Waals surface area contributed by atoms with Crippen LogP contribution in [0, 0.1) is 0 Å². The summed E-state index contributed by atoms with van der Waals surface area (Å²) < 4.78 is 5.75. The molecule has 1 aromatic heterocycles. The molecule has 1 fully saturated rings. The van der Waals surface area contributed by atoms with Crippen LogP contribution in [0.1, 0.15) is 0 Å². The van der Waals surface area contributed by atoms with Crippen LogP contribution < -0.4 is 16.6 Å². The second-order valence-corrected chi connectivity index (χ2v) is 5.19. The molecule has 0 radical (unpaired) electrons. The molecule has 7 nitrogen and oxygen atoms in total. The molecule has 1 atom stereocenters. The number of likely N-dealkylation sites (N-methyl/N-ethyl adjacent to an activating group) is 1. The molecule has 2 aromatic rings. The molecule has 1 aliphatic rings. The lowest BCUT2D eigenvalue weighted by atomic mass is 10.2. The molecule has 3 rings (SSSR count). The molecule has 1 saturated heterocycles. The van der Waals surface area contributed by atoms with Gasteiger partial charge in [0.15, 0.2) is 0 Å². The smallest absolute Gasteiger partial charge is 0.239 e. The number of morpholine rings is 1. The summed E-state index contributed by atoms with van der Waals surface area (Å²) in [5.74, 6) is 6.60. The predicted molar refractivity (Wildman–Crippen MR) is 83.1 cm³/mol. The number of nitrogens with two attached hydrogens (primary N) is 1. The van der Waals surface area contributed by atoms with E-state index >= 15 is 0 Å². The van der Waals surface area contributed by atoms with Gasteiger partial charge < -0.3 is 15.0 Å². The van der Waals surface area contributed by atoms with Crippen LogP contribution in [0.15, 0.2) is 24.3 Å². The second-order valence-electron chi connectivity index (χ2n) is 5.19. The summed E-state index contributed by atoms with van der Waals surface area (Å²) in [4.78, 5) is 11.0. The van der Waals surface area contributed by atoms with E-state index in [0.29, 0.717) is 12.5 Å². The Morgan fingerprint density at radius 1 is 1.38 bits per heavy atom. The number of hydrazine groups is 1. The largest absolute Gasteiger partial charge is 0.374 e. The Morgan fingerprint density at radius 2 is 2.24 bits per heavy atom. The Kier molecular flexibility index (Phi) is 4.14. The minimum absolute atomic E-state index is 0.159. The number of hydrogen-bond acceptors (Lipinski definition) is 7. The molecule has 0 spiro atoms. The van der Waals surface area contributed by atoms with Gasteiger partial charge >= 0.3 is 0 Å². The van der Waals surface area contributed by atoms with E-state index in [4.69, 9.17) is 10.6 Å². The SMILES string of the molecule is CN1CCOC(CNc2nc(NN)nc3ccccc23)C1. The Labute approximate surface area is 123 Å². The maximum absolute atomic E-state index is 5.75. The van der Waals surface area contributed by atoms with Crippen molar-refractivity contribution in [3.8, 4) is 0 Å². The van der Waals surface area contributed by atoms with Gasteiger partial charge in [-0.2, -0.15) is 4.98 Å². The first-order valence-corrected chi connectivity index (χ1v) is 7.03. The molecule has 0 aliphatic carbocycles. The molecule has 0 amide bonds. The first-order chi connectivity index (χ1) is 10.3. The van der Waals surface area contributed by atoms with Crippen LogP contribution in [0.25, 0.3) is 10.9 Å². The molecule has 21 heavy (non-hydrogen) atoms. The van der Waals surface area contributed by atoms with Crippen LogP contribution in [0.5, 0.6) is 0 Å². The number of ether oxygens (including phenoxy) is 1. The molecule has 112 valence electrons. The molecule has 7 heteroatoms. The summed E-state index contributed by atoms with van der Waals surface area (Å²) in [7, 11) is 2.10. The van der Waals surface area contributed by atoms with Crippen LogP contribution in [-0.2, 0) is 4.74 Å². The monoisotopic (exact) mass is 288 g/mol. The number of hydrogen-bond donors (Lipinski definition) is 3. The molecular formula is C14H20N6O. The van der Waals surface area contributed by atoms with Crippen molar-refractivity contribution in [1.82, 2.24) is 14.9 Å². The topological polar surface area (TPSA) is 88.3 Å². The molecule has 4 N–H and O–H groups in total. The van der Waals surface area contributed by atoms with Crippen molar-refractivity contribution in [1.29, 1.82) is 0 Å². The number of para-hydroxylation sites is 1. The van der Waals surface area contributed by atoms with E-state index in [1.54, 1.807) is 0 Å². The lowest BCUT2D eigenvalue weighted by molar-refractivity contribution is -0.0117. The zero-order valence-electron chi connectivity index (χ0n) is 12.0.